The van der Waals surface area contributed by atoms with Gasteiger partial charge in [-0.2, -0.15) is 22.7 Å². The van der Waals surface area contributed by atoms with Gasteiger partial charge in [0.2, 0.25) is 0 Å². The van der Waals surface area contributed by atoms with Gasteiger partial charge in [0.25, 0.3) is 5.91 Å². The van der Waals surface area contributed by atoms with Crippen molar-refractivity contribution in [3.8, 4) is 39.3 Å². The maximum atomic E-state index is 12.6. The number of halogens is 1. The molecule has 71 heavy (non-hydrogen) atoms. The van der Waals surface area contributed by atoms with E-state index < -0.39 is 11.9 Å². The highest BCUT2D eigenvalue weighted by Crippen LogP contribution is 2.29. The Morgan fingerprint density at radius 3 is 1.41 bits per heavy atom. The van der Waals surface area contributed by atoms with Gasteiger partial charge in [-0.15, -0.1) is 0 Å². The van der Waals surface area contributed by atoms with E-state index in [1.165, 1.54) is 16.7 Å². The molecule has 0 spiro atoms. The number of carbonyl (C=O) groups is 3. The predicted octanol–water partition coefficient (Wildman–Crippen LogP) is 12.6. The van der Waals surface area contributed by atoms with Crippen LogP contribution in [-0.2, 0) is 4.74 Å². The lowest BCUT2D eigenvalue weighted by Crippen LogP contribution is -2.38. The van der Waals surface area contributed by atoms with Crippen LogP contribution < -0.4 is 5.32 Å². The van der Waals surface area contributed by atoms with Crippen LogP contribution in [0.25, 0.3) is 72.4 Å². The molecule has 5 aromatic heterocycles. The third kappa shape index (κ3) is 10.5. The van der Waals surface area contributed by atoms with Crippen LogP contribution in [0.2, 0.25) is 0 Å². The second kappa shape index (κ2) is 20.9. The van der Waals surface area contributed by atoms with Gasteiger partial charge in [0, 0.05) is 46.4 Å². The zero-order valence-corrected chi connectivity index (χ0v) is 40.9. The molecule has 0 atom stereocenters. The summed E-state index contributed by atoms with van der Waals surface area (Å²) in [7, 11) is 0. The summed E-state index contributed by atoms with van der Waals surface area (Å²) in [4.78, 5) is 47.7. The number of nitrogens with zero attached hydrogens (tertiary/aromatic N) is 6. The number of hydrogen-bond acceptors (Lipinski definition) is 9. The number of amides is 1. The first-order valence-corrected chi connectivity index (χ1v) is 25.1. The van der Waals surface area contributed by atoms with E-state index in [0.717, 1.165) is 62.0 Å². The van der Waals surface area contributed by atoms with Gasteiger partial charge in [0.1, 0.15) is 19.0 Å². The molecule has 6 heterocycles. The van der Waals surface area contributed by atoms with Gasteiger partial charge >= 0.3 is 11.9 Å². The molecule has 6 aromatic carbocycles. The molecule has 1 fully saturated rings. The largest absolute Gasteiger partial charge is 0.478 e. The number of aromatic carboxylic acids is 2. The Kier molecular flexibility index (Phi) is 13.8. The lowest BCUT2D eigenvalue weighted by molar-refractivity contribution is 0.0686. The summed E-state index contributed by atoms with van der Waals surface area (Å²) in [6.45, 7) is 1.41. The number of ether oxygens (including phenoxy) is 1. The van der Waals surface area contributed by atoms with Gasteiger partial charge in [-0.3, -0.25) is 18.5 Å². The van der Waals surface area contributed by atoms with Crippen molar-refractivity contribution in [3.05, 3.63) is 201 Å². The van der Waals surface area contributed by atoms with Crippen LogP contribution in [0.4, 0.5) is 0 Å². The summed E-state index contributed by atoms with van der Waals surface area (Å²) in [5, 5.41) is 29.6. The molecule has 0 radical (unpaired) electrons. The summed E-state index contributed by atoms with van der Waals surface area (Å²) in [5.74, 6) is -1.94. The second-order valence-electron chi connectivity index (χ2n) is 16.5. The van der Waals surface area contributed by atoms with E-state index in [2.05, 4.69) is 111 Å². The van der Waals surface area contributed by atoms with Crippen molar-refractivity contribution in [2.45, 2.75) is 18.9 Å². The minimum Gasteiger partial charge on any atom is -0.478 e. The molecule has 352 valence electrons. The van der Waals surface area contributed by atoms with Crippen molar-refractivity contribution >= 4 is 89.5 Å². The Hall–Kier alpha value is -8.02. The van der Waals surface area contributed by atoms with Crippen molar-refractivity contribution in [3.63, 3.8) is 0 Å². The molecule has 13 nitrogen and oxygen atoms in total. The van der Waals surface area contributed by atoms with E-state index in [1.54, 1.807) is 71.7 Å². The lowest BCUT2D eigenvalue weighted by Gasteiger charge is -2.23. The van der Waals surface area contributed by atoms with Crippen molar-refractivity contribution in [2.24, 2.45) is 0 Å². The van der Waals surface area contributed by atoms with E-state index >= 15 is 0 Å². The van der Waals surface area contributed by atoms with Crippen LogP contribution in [0.5, 0.6) is 0 Å². The quantitative estimate of drug-likeness (QED) is 0.127. The molecular formula is C55H42BrN7O6S2. The average Bonchev–Trinajstić information content (AvgIpc) is 4.27. The Morgan fingerprint density at radius 2 is 0.972 bits per heavy atom. The van der Waals surface area contributed by atoms with Crippen LogP contribution >= 0.6 is 38.6 Å². The fraction of sp³-hybridized carbons (Fsp3) is 0.0909. The minimum absolute atomic E-state index is 0.0483. The normalized spacial score (nSPS) is 12.5. The van der Waals surface area contributed by atoms with Gasteiger partial charge in [-0.25, -0.2) is 24.5 Å². The zero-order chi connectivity index (χ0) is 48.8. The molecule has 0 saturated carbocycles. The highest BCUT2D eigenvalue weighted by molar-refractivity contribution is 9.10. The molecule has 1 saturated heterocycles. The summed E-state index contributed by atoms with van der Waals surface area (Å²) in [5.41, 5.74) is 13.8. The number of hydrogen-bond donors (Lipinski definition) is 3. The molecular weight excluding hydrogens is 999 g/mol. The fourth-order valence-electron chi connectivity index (χ4n) is 8.33. The second-order valence-corrected chi connectivity index (χ2v) is 19.0. The first-order valence-electron chi connectivity index (χ1n) is 22.4. The van der Waals surface area contributed by atoms with Crippen molar-refractivity contribution in [1.82, 2.24) is 34.0 Å². The van der Waals surface area contributed by atoms with Gasteiger partial charge in [0.05, 0.1) is 44.2 Å². The molecule has 0 bridgehead atoms. The molecule has 0 unspecified atom stereocenters. The summed E-state index contributed by atoms with van der Waals surface area (Å²) < 4.78 is 12.3. The Balaban J connectivity index is 0.000000126. The van der Waals surface area contributed by atoms with Crippen molar-refractivity contribution in [2.75, 3.05) is 13.2 Å². The third-order valence-electron chi connectivity index (χ3n) is 12.0. The number of nitrogens with one attached hydrogen (secondary N) is 1. The molecule has 1 aliphatic heterocycles. The maximum Gasteiger partial charge on any atom is 0.335 e. The van der Waals surface area contributed by atoms with Crippen LogP contribution in [0.3, 0.4) is 0 Å². The minimum atomic E-state index is -0.945. The third-order valence-corrected chi connectivity index (χ3v) is 13.9. The average molecular weight is 1040 g/mol. The van der Waals surface area contributed by atoms with E-state index in [-0.39, 0.29) is 23.1 Å². The van der Waals surface area contributed by atoms with Crippen LogP contribution in [0, 0.1) is 0 Å². The van der Waals surface area contributed by atoms with Gasteiger partial charge in [0.15, 0.2) is 0 Å². The Morgan fingerprint density at radius 1 is 0.535 bits per heavy atom. The highest BCUT2D eigenvalue weighted by atomic mass is 79.9. The number of carboxylic acids is 2. The van der Waals surface area contributed by atoms with Gasteiger partial charge < -0.3 is 20.3 Å². The lowest BCUT2D eigenvalue weighted by atomic mass is 10.1. The maximum absolute atomic E-state index is 12.6. The standard InChI is InChI=1S/C23H21N3O2S.C18H12N2O2S.C14H9BrN2O2/c27-23(25-19-6-9-28-10-7-19)17-4-5-22-21(13-17)24-15-26(22)20-3-1-2-16(12-20)18-8-11-29-14-18;21-18(22)13-4-5-17-16(9-13)19-11-20(17)15-3-1-2-12(8-15)14-6-7-23-10-14;15-10-2-1-3-11(7-10)17-8-16-12-6-9(14(18)19)4-5-13(12)17/h1-5,8,11-15,19H,6-7,9-10H2,(H,25,27);1-11H,(H,21,22);1-8H,(H,18,19). The molecule has 12 rings (SSSR count). The number of carbonyl (C=O) groups excluding carboxylic acids is 1. The topological polar surface area (TPSA) is 166 Å². The van der Waals surface area contributed by atoms with Crippen LogP contribution in [-0.4, -0.2) is 76.0 Å². The predicted molar refractivity (Wildman–Crippen MR) is 283 cm³/mol. The number of rotatable bonds is 9. The summed E-state index contributed by atoms with van der Waals surface area (Å²) in [6, 6.07) is 44.5. The Bertz CT molecular complexity index is 3690. The first kappa shape index (κ1) is 46.7. The number of imidazole rings is 3. The number of thiophene rings is 2. The van der Waals surface area contributed by atoms with Gasteiger partial charge in [-0.1, -0.05) is 46.3 Å². The number of benzene rings is 6. The molecule has 1 aliphatic rings. The van der Waals surface area contributed by atoms with E-state index in [1.807, 2.05) is 70.1 Å². The summed E-state index contributed by atoms with van der Waals surface area (Å²) >= 11 is 6.79. The first-order chi connectivity index (χ1) is 34.6. The Labute approximate surface area is 423 Å². The monoisotopic (exact) mass is 1040 g/mol. The van der Waals surface area contributed by atoms with Gasteiger partial charge in [-0.05, 0) is 166 Å². The molecule has 3 N–H and O–H groups in total. The van der Waals surface area contributed by atoms with E-state index in [0.29, 0.717) is 29.8 Å². The highest BCUT2D eigenvalue weighted by Gasteiger charge is 2.18. The summed E-state index contributed by atoms with van der Waals surface area (Å²) in [6.07, 6.45) is 6.96. The van der Waals surface area contributed by atoms with Crippen molar-refractivity contribution < 1.29 is 29.3 Å². The van der Waals surface area contributed by atoms with Crippen molar-refractivity contribution in [1.29, 1.82) is 0 Å². The smallest absolute Gasteiger partial charge is 0.335 e. The number of fused-ring (bicyclic) bond motifs is 3. The number of aromatic nitrogens is 6. The zero-order valence-electron chi connectivity index (χ0n) is 37.6. The van der Waals surface area contributed by atoms with E-state index in [9.17, 15) is 14.4 Å². The molecule has 11 aromatic rings. The van der Waals surface area contributed by atoms with Crippen LogP contribution in [0.15, 0.2) is 185 Å². The SMILES string of the molecule is O=C(NC1CCOCC1)c1ccc2c(c1)ncn2-c1cccc(-c2ccsc2)c1.O=C(O)c1ccc2c(c1)ncn2-c1cccc(-c2ccsc2)c1.O=C(O)c1ccc2c(c1)ncn2-c1cccc(Br)c1. The molecule has 16 heteroatoms. The molecule has 0 aliphatic carbocycles. The van der Waals surface area contributed by atoms with Crippen LogP contribution in [0.1, 0.15) is 43.9 Å². The number of carboxylic acid groups (broad SMARTS) is 2. The van der Waals surface area contributed by atoms with E-state index in [4.69, 9.17) is 14.9 Å². The fourth-order valence-corrected chi connectivity index (χ4v) is 10.0. The molecule has 1 amide bonds.